The van der Waals surface area contributed by atoms with Gasteiger partial charge >= 0.3 is 6.18 Å². The van der Waals surface area contributed by atoms with Gasteiger partial charge in [0.25, 0.3) is 0 Å². The van der Waals surface area contributed by atoms with Crippen LogP contribution in [-0.4, -0.2) is 46.1 Å². The lowest BCUT2D eigenvalue weighted by Crippen LogP contribution is -2.36. The molecule has 0 aliphatic carbocycles. The van der Waals surface area contributed by atoms with Crippen molar-refractivity contribution in [2.75, 3.05) is 25.5 Å². The van der Waals surface area contributed by atoms with Gasteiger partial charge in [0.2, 0.25) is 0 Å². The Kier molecular flexibility index (Phi) is 5.77. The molecule has 3 nitrogen and oxygen atoms in total. The number of halogens is 4. The Morgan fingerprint density at radius 2 is 2.06 bits per heavy atom. The monoisotopic (exact) mass is 269 g/mol. The van der Waals surface area contributed by atoms with Crippen molar-refractivity contribution < 1.29 is 13.2 Å². The summed E-state index contributed by atoms with van der Waals surface area (Å²) in [5.74, 6) is 0.209. The van der Waals surface area contributed by atoms with Gasteiger partial charge in [-0.05, 0) is 6.42 Å². The molecular weight excluding hydrogens is 255 g/mol. The number of rotatable bonds is 7. The van der Waals surface area contributed by atoms with Crippen LogP contribution in [-0.2, 0) is 6.54 Å². The highest BCUT2D eigenvalue weighted by molar-refractivity contribution is 6.18. The second-order valence-corrected chi connectivity index (χ2v) is 4.11. The molecule has 0 unspecified atom stereocenters. The number of hydrogen-bond donors (Lipinski definition) is 0. The first-order valence-corrected chi connectivity index (χ1v) is 5.85. The summed E-state index contributed by atoms with van der Waals surface area (Å²) in [4.78, 5) is 5.19. The van der Waals surface area contributed by atoms with E-state index in [1.807, 2.05) is 4.57 Å². The van der Waals surface area contributed by atoms with Crippen LogP contribution in [0.1, 0.15) is 6.42 Å². The number of imidazole rings is 1. The van der Waals surface area contributed by atoms with E-state index in [2.05, 4.69) is 4.98 Å². The highest BCUT2D eigenvalue weighted by Gasteiger charge is 2.30. The first-order valence-electron chi connectivity index (χ1n) is 5.32. The predicted molar refractivity (Wildman–Crippen MR) is 60.1 cm³/mol. The SMILES string of the molecule is FC(F)(F)CN(CCCl)CCCn1ccnc1. The van der Waals surface area contributed by atoms with Gasteiger partial charge in [-0.2, -0.15) is 13.2 Å². The van der Waals surface area contributed by atoms with E-state index in [-0.39, 0.29) is 12.4 Å². The third kappa shape index (κ3) is 6.53. The summed E-state index contributed by atoms with van der Waals surface area (Å²) in [7, 11) is 0. The van der Waals surface area contributed by atoms with Crippen LogP contribution in [0.5, 0.6) is 0 Å². The molecule has 1 aromatic rings. The number of hydrogen-bond acceptors (Lipinski definition) is 2. The van der Waals surface area contributed by atoms with Crippen molar-refractivity contribution in [2.45, 2.75) is 19.1 Å². The van der Waals surface area contributed by atoms with Crippen molar-refractivity contribution in [1.29, 1.82) is 0 Å². The molecule has 0 aromatic carbocycles. The first kappa shape index (κ1) is 14.3. The second kappa shape index (κ2) is 6.86. The van der Waals surface area contributed by atoms with Gasteiger partial charge in [-0.1, -0.05) is 0 Å². The summed E-state index contributed by atoms with van der Waals surface area (Å²) in [6.07, 6.45) is 1.56. The van der Waals surface area contributed by atoms with Crippen molar-refractivity contribution in [3.63, 3.8) is 0 Å². The molecule has 0 bridgehead atoms. The second-order valence-electron chi connectivity index (χ2n) is 3.73. The lowest BCUT2D eigenvalue weighted by Gasteiger charge is -2.22. The fourth-order valence-corrected chi connectivity index (χ4v) is 1.78. The largest absolute Gasteiger partial charge is 0.401 e. The van der Waals surface area contributed by atoms with Gasteiger partial charge in [0, 0.05) is 37.9 Å². The predicted octanol–water partition coefficient (Wildman–Crippen LogP) is 2.38. The molecule has 1 rings (SSSR count). The minimum atomic E-state index is -4.17. The van der Waals surface area contributed by atoms with E-state index in [0.717, 1.165) is 0 Å². The minimum absolute atomic E-state index is 0.209. The molecule has 7 heteroatoms. The molecule has 17 heavy (non-hydrogen) atoms. The molecule has 0 N–H and O–H groups in total. The summed E-state index contributed by atoms with van der Waals surface area (Å²) in [6.45, 7) is 0.399. The summed E-state index contributed by atoms with van der Waals surface area (Å²) in [6, 6.07) is 0. The molecule has 0 radical (unpaired) electrons. The van der Waals surface area contributed by atoms with Crippen molar-refractivity contribution in [2.24, 2.45) is 0 Å². The van der Waals surface area contributed by atoms with Gasteiger partial charge in [0.1, 0.15) is 0 Å². The van der Waals surface area contributed by atoms with Crippen LogP contribution < -0.4 is 0 Å². The van der Waals surface area contributed by atoms with Gasteiger partial charge in [-0.15, -0.1) is 11.6 Å². The summed E-state index contributed by atoms with van der Waals surface area (Å²) >= 11 is 5.48. The van der Waals surface area contributed by atoms with Gasteiger partial charge < -0.3 is 4.57 Å². The minimum Gasteiger partial charge on any atom is -0.337 e. The molecule has 0 aliphatic heterocycles. The molecule has 98 valence electrons. The Labute approximate surface area is 103 Å². The molecular formula is C10H15ClF3N3. The quantitative estimate of drug-likeness (QED) is 0.709. The average Bonchev–Trinajstić information content (AvgIpc) is 2.68. The van der Waals surface area contributed by atoms with Gasteiger partial charge in [0.15, 0.2) is 0 Å². The standard InChI is InChI=1S/C10H15ClF3N3/c11-2-6-16(8-10(12,13)14)4-1-5-17-7-3-15-9-17/h3,7,9H,1-2,4-6,8H2. The van der Waals surface area contributed by atoms with Crippen LogP contribution in [0.25, 0.3) is 0 Å². The Bertz CT molecular complexity index is 300. The van der Waals surface area contributed by atoms with E-state index in [0.29, 0.717) is 19.5 Å². The van der Waals surface area contributed by atoms with E-state index >= 15 is 0 Å². The van der Waals surface area contributed by atoms with Crippen LogP contribution in [0.15, 0.2) is 18.7 Å². The molecule has 0 amide bonds. The van der Waals surface area contributed by atoms with E-state index < -0.39 is 12.7 Å². The fourth-order valence-electron chi connectivity index (χ4n) is 1.54. The number of nitrogens with zero attached hydrogens (tertiary/aromatic N) is 3. The highest BCUT2D eigenvalue weighted by atomic mass is 35.5. The Hall–Kier alpha value is -0.750. The summed E-state index contributed by atoms with van der Waals surface area (Å²) < 4.78 is 38.5. The zero-order valence-electron chi connectivity index (χ0n) is 9.33. The zero-order valence-corrected chi connectivity index (χ0v) is 10.1. The van der Waals surface area contributed by atoms with Crippen LogP contribution in [0.2, 0.25) is 0 Å². The van der Waals surface area contributed by atoms with Crippen LogP contribution in [0, 0.1) is 0 Å². The summed E-state index contributed by atoms with van der Waals surface area (Å²) in [5.41, 5.74) is 0. The Morgan fingerprint density at radius 3 is 2.59 bits per heavy atom. The highest BCUT2D eigenvalue weighted by Crippen LogP contribution is 2.16. The molecule has 0 fully saturated rings. The van der Waals surface area contributed by atoms with Crippen LogP contribution in [0.3, 0.4) is 0 Å². The molecule has 0 saturated heterocycles. The smallest absolute Gasteiger partial charge is 0.337 e. The van der Waals surface area contributed by atoms with Crippen molar-refractivity contribution in [3.8, 4) is 0 Å². The topological polar surface area (TPSA) is 21.1 Å². The lowest BCUT2D eigenvalue weighted by atomic mass is 10.3. The molecule has 0 spiro atoms. The van der Waals surface area contributed by atoms with E-state index in [9.17, 15) is 13.2 Å². The molecule has 0 aliphatic rings. The lowest BCUT2D eigenvalue weighted by molar-refractivity contribution is -0.145. The fraction of sp³-hybridized carbons (Fsp3) is 0.700. The van der Waals surface area contributed by atoms with Gasteiger partial charge in [-0.3, -0.25) is 4.90 Å². The Morgan fingerprint density at radius 1 is 1.29 bits per heavy atom. The van der Waals surface area contributed by atoms with Crippen molar-refractivity contribution in [3.05, 3.63) is 18.7 Å². The number of aromatic nitrogens is 2. The van der Waals surface area contributed by atoms with Crippen LogP contribution >= 0.6 is 11.6 Å². The molecule has 1 aromatic heterocycles. The zero-order chi connectivity index (χ0) is 12.7. The maximum absolute atomic E-state index is 12.2. The average molecular weight is 270 g/mol. The third-order valence-corrected chi connectivity index (χ3v) is 2.42. The van der Waals surface area contributed by atoms with Gasteiger partial charge in [-0.25, -0.2) is 4.98 Å². The third-order valence-electron chi connectivity index (χ3n) is 2.25. The van der Waals surface area contributed by atoms with E-state index in [1.165, 1.54) is 4.90 Å². The van der Waals surface area contributed by atoms with Crippen molar-refractivity contribution >= 4 is 11.6 Å². The molecule has 0 saturated carbocycles. The molecule has 1 heterocycles. The van der Waals surface area contributed by atoms with Gasteiger partial charge in [0.05, 0.1) is 12.9 Å². The normalized spacial score (nSPS) is 12.3. The summed E-state index contributed by atoms with van der Waals surface area (Å²) in [5, 5.41) is 0. The maximum atomic E-state index is 12.2. The van der Waals surface area contributed by atoms with E-state index in [1.54, 1.807) is 18.7 Å². The molecule has 0 atom stereocenters. The Balaban J connectivity index is 2.29. The number of alkyl halides is 4. The maximum Gasteiger partial charge on any atom is 0.401 e. The van der Waals surface area contributed by atoms with Crippen LogP contribution in [0.4, 0.5) is 13.2 Å². The number of aryl methyl sites for hydroxylation is 1. The first-order chi connectivity index (χ1) is 8.01. The van der Waals surface area contributed by atoms with Crippen molar-refractivity contribution in [1.82, 2.24) is 14.5 Å². The van der Waals surface area contributed by atoms with E-state index in [4.69, 9.17) is 11.6 Å².